The molecule has 122 valence electrons. The number of carbonyl (C=O) groups excluding carboxylic acids is 1. The Kier molecular flexibility index (Phi) is 8.79. The van der Waals surface area contributed by atoms with Crippen LogP contribution in [0.4, 0.5) is 0 Å². The van der Waals surface area contributed by atoms with Gasteiger partial charge in [-0.15, -0.1) is 24.8 Å². The number of nitrogens with one attached hydrogen (secondary N) is 1. The van der Waals surface area contributed by atoms with Crippen molar-refractivity contribution in [1.29, 1.82) is 0 Å². The molecule has 22 heavy (non-hydrogen) atoms. The van der Waals surface area contributed by atoms with Crippen LogP contribution in [-0.4, -0.2) is 22.0 Å². The predicted molar refractivity (Wildman–Crippen MR) is 92.8 cm³/mol. The van der Waals surface area contributed by atoms with Gasteiger partial charge in [0.05, 0.1) is 12.4 Å². The zero-order valence-corrected chi connectivity index (χ0v) is 14.2. The van der Waals surface area contributed by atoms with E-state index in [9.17, 15) is 4.79 Å². The fourth-order valence-electron chi connectivity index (χ4n) is 1.91. The number of hydrogen-bond donors (Lipinski definition) is 2. The first-order valence-electron chi connectivity index (χ1n) is 6.70. The molecule has 0 saturated heterocycles. The zero-order valence-electron chi connectivity index (χ0n) is 12.6. The third-order valence-electron chi connectivity index (χ3n) is 3.33. The largest absolute Gasteiger partial charge is 0.349 e. The van der Waals surface area contributed by atoms with E-state index < -0.39 is 0 Å². The molecular formula is C15H22Cl2N4O. The molecule has 0 aliphatic rings. The maximum Gasteiger partial charge on any atom is 0.224 e. The van der Waals surface area contributed by atoms with E-state index in [1.165, 1.54) is 0 Å². The van der Waals surface area contributed by atoms with Crippen LogP contribution < -0.4 is 11.1 Å². The Bertz CT molecular complexity index is 575. The highest BCUT2D eigenvalue weighted by Gasteiger charge is 2.15. The van der Waals surface area contributed by atoms with Gasteiger partial charge in [-0.1, -0.05) is 19.1 Å². The van der Waals surface area contributed by atoms with Gasteiger partial charge in [-0.3, -0.25) is 4.79 Å². The molecule has 0 spiro atoms. The molecule has 1 aromatic heterocycles. The summed E-state index contributed by atoms with van der Waals surface area (Å²) >= 11 is 0. The molecule has 1 amide bonds. The van der Waals surface area contributed by atoms with Gasteiger partial charge in [0.2, 0.25) is 5.91 Å². The van der Waals surface area contributed by atoms with Crippen LogP contribution in [0.25, 0.3) is 5.69 Å². The second-order valence-electron chi connectivity index (χ2n) is 4.93. The van der Waals surface area contributed by atoms with Crippen LogP contribution in [0, 0.1) is 5.92 Å². The van der Waals surface area contributed by atoms with Gasteiger partial charge in [-0.25, -0.2) is 4.98 Å². The van der Waals surface area contributed by atoms with Crippen LogP contribution in [0.15, 0.2) is 43.0 Å². The molecule has 2 atom stereocenters. The average Bonchev–Trinajstić information content (AvgIpc) is 3.00. The van der Waals surface area contributed by atoms with E-state index in [1.54, 1.807) is 12.5 Å². The molecule has 1 heterocycles. The summed E-state index contributed by atoms with van der Waals surface area (Å²) in [5.74, 6) is -0.192. The molecule has 0 radical (unpaired) electrons. The van der Waals surface area contributed by atoms with Gasteiger partial charge in [0, 0.05) is 30.5 Å². The molecule has 3 N–H and O–H groups in total. The van der Waals surface area contributed by atoms with Gasteiger partial charge in [0.1, 0.15) is 0 Å². The summed E-state index contributed by atoms with van der Waals surface area (Å²) in [4.78, 5) is 15.9. The highest BCUT2D eigenvalue weighted by atomic mass is 35.5. The van der Waals surface area contributed by atoms with E-state index in [0.717, 1.165) is 11.3 Å². The fourth-order valence-corrected chi connectivity index (χ4v) is 1.91. The quantitative estimate of drug-likeness (QED) is 0.874. The fraction of sp³-hybridized carbons (Fsp3) is 0.333. The second kappa shape index (κ2) is 9.46. The number of rotatable bonds is 5. The molecule has 0 bridgehead atoms. The molecular weight excluding hydrogens is 323 g/mol. The maximum atomic E-state index is 11.9. The average molecular weight is 345 g/mol. The number of halogens is 2. The summed E-state index contributed by atoms with van der Waals surface area (Å²) in [5.41, 5.74) is 7.58. The molecule has 2 unspecified atom stereocenters. The molecule has 1 aromatic carbocycles. The number of amides is 1. The Balaban J connectivity index is 0.00000220. The molecule has 2 rings (SSSR count). The van der Waals surface area contributed by atoms with Crippen molar-refractivity contribution in [1.82, 2.24) is 14.9 Å². The predicted octanol–water partition coefficient (Wildman–Crippen LogP) is 2.49. The Labute approximate surface area is 143 Å². The highest BCUT2D eigenvalue weighted by Crippen LogP contribution is 2.17. The second-order valence-corrected chi connectivity index (χ2v) is 4.93. The van der Waals surface area contributed by atoms with Crippen molar-refractivity contribution in [3.8, 4) is 5.69 Å². The Morgan fingerprint density at radius 1 is 1.36 bits per heavy atom. The summed E-state index contributed by atoms with van der Waals surface area (Å²) in [6.45, 7) is 4.14. The normalized spacial score (nSPS) is 12.5. The van der Waals surface area contributed by atoms with Crippen molar-refractivity contribution in [3.63, 3.8) is 0 Å². The van der Waals surface area contributed by atoms with Gasteiger partial charge >= 0.3 is 0 Å². The number of imidazole rings is 1. The minimum Gasteiger partial charge on any atom is -0.349 e. The molecule has 7 heteroatoms. The minimum atomic E-state index is -0.172. The lowest BCUT2D eigenvalue weighted by atomic mass is 10.1. The summed E-state index contributed by atoms with van der Waals surface area (Å²) < 4.78 is 1.93. The van der Waals surface area contributed by atoms with E-state index in [1.807, 2.05) is 48.9 Å². The molecule has 0 aliphatic carbocycles. The van der Waals surface area contributed by atoms with Crippen molar-refractivity contribution >= 4 is 30.7 Å². The standard InChI is InChI=1S/C15H20N4O.2ClH/c1-11(9-16)15(20)18-12(2)13-4-3-5-14(8-13)19-7-6-17-10-19;;/h3-8,10-12H,9,16H2,1-2H3,(H,18,20);2*1H. The third-order valence-corrected chi connectivity index (χ3v) is 3.33. The van der Waals surface area contributed by atoms with Crippen molar-refractivity contribution < 1.29 is 4.79 Å². The van der Waals surface area contributed by atoms with E-state index in [0.29, 0.717) is 6.54 Å². The van der Waals surface area contributed by atoms with Crippen LogP contribution in [-0.2, 0) is 4.79 Å². The number of benzene rings is 1. The first-order valence-corrected chi connectivity index (χ1v) is 6.70. The van der Waals surface area contributed by atoms with Gasteiger partial charge in [-0.05, 0) is 24.6 Å². The summed E-state index contributed by atoms with van der Waals surface area (Å²) in [6, 6.07) is 7.96. The SMILES string of the molecule is CC(CN)C(=O)NC(C)c1cccc(-n2ccnc2)c1.Cl.Cl. The topological polar surface area (TPSA) is 72.9 Å². The van der Waals surface area contributed by atoms with Gasteiger partial charge in [-0.2, -0.15) is 0 Å². The van der Waals surface area contributed by atoms with Crippen molar-refractivity contribution in [2.24, 2.45) is 11.7 Å². The van der Waals surface area contributed by atoms with Gasteiger partial charge < -0.3 is 15.6 Å². The van der Waals surface area contributed by atoms with Crippen LogP contribution >= 0.6 is 24.8 Å². The first-order chi connectivity index (χ1) is 9.61. The smallest absolute Gasteiger partial charge is 0.224 e. The minimum absolute atomic E-state index is 0. The van der Waals surface area contributed by atoms with E-state index >= 15 is 0 Å². The molecule has 0 saturated carbocycles. The van der Waals surface area contributed by atoms with E-state index in [4.69, 9.17) is 5.73 Å². The number of hydrogen-bond acceptors (Lipinski definition) is 3. The Morgan fingerprint density at radius 2 is 2.09 bits per heavy atom. The highest BCUT2D eigenvalue weighted by molar-refractivity contribution is 5.85. The van der Waals surface area contributed by atoms with Crippen LogP contribution in [0.5, 0.6) is 0 Å². The third kappa shape index (κ3) is 5.02. The van der Waals surface area contributed by atoms with Crippen LogP contribution in [0.2, 0.25) is 0 Å². The Morgan fingerprint density at radius 3 is 2.68 bits per heavy atom. The van der Waals surface area contributed by atoms with Crippen LogP contribution in [0.3, 0.4) is 0 Å². The molecule has 0 fully saturated rings. The molecule has 2 aromatic rings. The van der Waals surface area contributed by atoms with Crippen molar-refractivity contribution in [2.75, 3.05) is 6.54 Å². The lowest BCUT2D eigenvalue weighted by Gasteiger charge is -2.18. The number of aromatic nitrogens is 2. The molecule has 5 nitrogen and oxygen atoms in total. The molecule has 0 aliphatic heterocycles. The zero-order chi connectivity index (χ0) is 14.5. The first kappa shape index (κ1) is 20.4. The number of nitrogens with two attached hydrogens (primary N) is 1. The monoisotopic (exact) mass is 344 g/mol. The Hall–Kier alpha value is -1.56. The number of nitrogens with zero attached hydrogens (tertiary/aromatic N) is 2. The summed E-state index contributed by atoms with van der Waals surface area (Å²) in [5, 5.41) is 2.98. The lowest BCUT2D eigenvalue weighted by molar-refractivity contribution is -0.124. The van der Waals surface area contributed by atoms with E-state index in [-0.39, 0.29) is 42.7 Å². The maximum absolute atomic E-state index is 11.9. The van der Waals surface area contributed by atoms with Gasteiger partial charge in [0.25, 0.3) is 0 Å². The van der Waals surface area contributed by atoms with Gasteiger partial charge in [0.15, 0.2) is 0 Å². The van der Waals surface area contributed by atoms with E-state index in [2.05, 4.69) is 10.3 Å². The van der Waals surface area contributed by atoms with Crippen molar-refractivity contribution in [3.05, 3.63) is 48.5 Å². The summed E-state index contributed by atoms with van der Waals surface area (Å²) in [6.07, 6.45) is 5.37. The van der Waals surface area contributed by atoms with Crippen molar-refractivity contribution in [2.45, 2.75) is 19.9 Å². The summed E-state index contributed by atoms with van der Waals surface area (Å²) in [7, 11) is 0. The number of carbonyl (C=O) groups is 1. The van der Waals surface area contributed by atoms with Crippen LogP contribution in [0.1, 0.15) is 25.5 Å². The lowest BCUT2D eigenvalue weighted by Crippen LogP contribution is -2.34.